The Morgan fingerprint density at radius 3 is 2.62 bits per heavy atom. The average Bonchev–Trinajstić information content (AvgIpc) is 2.53. The number of hydrogen-bond donors (Lipinski definition) is 0. The Morgan fingerprint density at radius 2 is 1.92 bits per heavy atom. The molecule has 1 heterocycles. The number of carbonyl (C=O) groups excluding carboxylic acids is 1. The zero-order valence-corrected chi connectivity index (χ0v) is 17.3. The third-order valence-electron chi connectivity index (χ3n) is 4.46. The number of halogens is 1. The van der Waals surface area contributed by atoms with E-state index < -0.39 is 5.60 Å². The van der Waals surface area contributed by atoms with E-state index in [1.165, 1.54) is 16.8 Å². The number of ether oxygens (including phenoxy) is 1. The predicted octanol–water partition coefficient (Wildman–Crippen LogP) is 5.36. The molecular formula is C22H26BrNO2. The van der Waals surface area contributed by atoms with Crippen LogP contribution in [-0.2, 0) is 22.5 Å². The molecular weight excluding hydrogens is 390 g/mol. The van der Waals surface area contributed by atoms with Crippen molar-refractivity contribution < 1.29 is 9.53 Å². The van der Waals surface area contributed by atoms with E-state index in [-0.39, 0.29) is 11.9 Å². The summed E-state index contributed by atoms with van der Waals surface area (Å²) in [5.74, 6) is 0.149. The van der Waals surface area contributed by atoms with E-state index in [9.17, 15) is 4.79 Å². The van der Waals surface area contributed by atoms with Crippen molar-refractivity contribution in [3.63, 3.8) is 0 Å². The molecule has 2 aromatic carbocycles. The van der Waals surface area contributed by atoms with Gasteiger partial charge in [-0.05, 0) is 62.4 Å². The molecule has 0 spiro atoms. The first-order chi connectivity index (χ1) is 12.3. The van der Waals surface area contributed by atoms with Crippen molar-refractivity contribution in [1.29, 1.82) is 0 Å². The maximum absolute atomic E-state index is 12.3. The van der Waals surface area contributed by atoms with Crippen LogP contribution in [0.25, 0.3) is 0 Å². The van der Waals surface area contributed by atoms with Crippen molar-refractivity contribution in [2.24, 2.45) is 5.92 Å². The van der Waals surface area contributed by atoms with E-state index in [4.69, 9.17) is 4.74 Å². The average molecular weight is 416 g/mol. The van der Waals surface area contributed by atoms with Gasteiger partial charge in [0.25, 0.3) is 0 Å². The topological polar surface area (TPSA) is 29.5 Å². The van der Waals surface area contributed by atoms with E-state index in [1.807, 2.05) is 26.8 Å². The van der Waals surface area contributed by atoms with Gasteiger partial charge in [0.15, 0.2) is 0 Å². The van der Waals surface area contributed by atoms with E-state index in [0.29, 0.717) is 6.42 Å². The molecule has 1 atom stereocenters. The highest BCUT2D eigenvalue weighted by atomic mass is 79.9. The molecule has 1 unspecified atom stereocenters. The van der Waals surface area contributed by atoms with Crippen LogP contribution in [0.1, 0.15) is 38.3 Å². The third kappa shape index (κ3) is 5.10. The van der Waals surface area contributed by atoms with Gasteiger partial charge in [-0.2, -0.15) is 0 Å². The van der Waals surface area contributed by atoms with Gasteiger partial charge in [-0.1, -0.05) is 46.3 Å². The van der Waals surface area contributed by atoms with Crippen molar-refractivity contribution in [3.8, 4) is 0 Å². The van der Waals surface area contributed by atoms with Crippen LogP contribution in [0.3, 0.4) is 0 Å². The molecule has 3 rings (SSSR count). The molecule has 0 saturated heterocycles. The van der Waals surface area contributed by atoms with Crippen molar-refractivity contribution in [1.82, 2.24) is 0 Å². The number of esters is 1. The Labute approximate surface area is 164 Å². The quantitative estimate of drug-likeness (QED) is 0.629. The van der Waals surface area contributed by atoms with E-state index in [1.54, 1.807) is 0 Å². The maximum atomic E-state index is 12.3. The summed E-state index contributed by atoms with van der Waals surface area (Å²) in [5.41, 5.74) is 3.39. The Balaban J connectivity index is 1.79. The molecule has 0 fully saturated rings. The predicted molar refractivity (Wildman–Crippen MR) is 109 cm³/mol. The summed E-state index contributed by atoms with van der Waals surface area (Å²) in [6.07, 6.45) is 1.35. The smallest absolute Gasteiger partial charge is 0.306 e. The Bertz CT molecular complexity index is 767. The van der Waals surface area contributed by atoms with Crippen LogP contribution in [0.4, 0.5) is 5.69 Å². The molecule has 26 heavy (non-hydrogen) atoms. The van der Waals surface area contributed by atoms with Crippen LogP contribution in [0.15, 0.2) is 53.0 Å². The largest absolute Gasteiger partial charge is 0.460 e. The van der Waals surface area contributed by atoms with Crippen LogP contribution in [0.5, 0.6) is 0 Å². The van der Waals surface area contributed by atoms with Gasteiger partial charge >= 0.3 is 5.97 Å². The van der Waals surface area contributed by atoms with Gasteiger partial charge in [-0.25, -0.2) is 0 Å². The molecule has 2 aromatic rings. The Kier molecular flexibility index (Phi) is 5.71. The minimum Gasteiger partial charge on any atom is -0.460 e. The first-order valence-electron chi connectivity index (χ1n) is 9.09. The van der Waals surface area contributed by atoms with Gasteiger partial charge in [0, 0.05) is 23.2 Å². The van der Waals surface area contributed by atoms with E-state index >= 15 is 0 Å². The Hall–Kier alpha value is -1.81. The zero-order chi connectivity index (χ0) is 18.7. The minimum absolute atomic E-state index is 0.111. The number of nitrogens with zero attached hydrogens (tertiary/aromatic N) is 1. The van der Waals surface area contributed by atoms with E-state index in [2.05, 4.69) is 63.3 Å². The molecule has 0 saturated carbocycles. The fourth-order valence-corrected chi connectivity index (χ4v) is 3.93. The highest BCUT2D eigenvalue weighted by Crippen LogP contribution is 2.34. The van der Waals surface area contributed by atoms with E-state index in [0.717, 1.165) is 24.0 Å². The normalized spacial score (nSPS) is 16.9. The standard InChI is InChI=1S/C22H26BrNO2/c1-22(2,3)26-21(25)12-17-11-18-13-19(23)9-10-20(18)24(15-17)14-16-7-5-4-6-8-16/h4-10,13,17H,11-12,14-15H2,1-3H3. The lowest BCUT2D eigenvalue weighted by Gasteiger charge is -2.36. The molecule has 0 radical (unpaired) electrons. The molecule has 1 aliphatic heterocycles. The van der Waals surface area contributed by atoms with Crippen molar-refractivity contribution in [2.75, 3.05) is 11.4 Å². The fraction of sp³-hybridized carbons (Fsp3) is 0.409. The summed E-state index contributed by atoms with van der Waals surface area (Å²) in [4.78, 5) is 14.7. The number of carbonyl (C=O) groups is 1. The van der Waals surface area contributed by atoms with Gasteiger partial charge in [0.05, 0.1) is 6.42 Å². The second-order valence-electron chi connectivity index (χ2n) is 8.00. The molecule has 0 amide bonds. The maximum Gasteiger partial charge on any atom is 0.306 e. The second kappa shape index (κ2) is 7.83. The van der Waals surface area contributed by atoms with Crippen LogP contribution in [0, 0.1) is 5.92 Å². The summed E-state index contributed by atoms with van der Waals surface area (Å²) >= 11 is 3.58. The number of fused-ring (bicyclic) bond motifs is 1. The van der Waals surface area contributed by atoms with Gasteiger partial charge in [-0.3, -0.25) is 4.79 Å². The molecule has 3 nitrogen and oxygen atoms in total. The summed E-state index contributed by atoms with van der Waals surface area (Å²) in [5, 5.41) is 0. The lowest BCUT2D eigenvalue weighted by molar-refractivity contribution is -0.155. The van der Waals surface area contributed by atoms with Crippen molar-refractivity contribution >= 4 is 27.6 Å². The van der Waals surface area contributed by atoms with Gasteiger partial charge in [0.1, 0.15) is 5.60 Å². The van der Waals surface area contributed by atoms with Crippen LogP contribution in [-0.4, -0.2) is 18.1 Å². The fourth-order valence-electron chi connectivity index (χ4n) is 3.52. The molecule has 0 aromatic heterocycles. The van der Waals surface area contributed by atoms with Gasteiger partial charge in [-0.15, -0.1) is 0 Å². The summed E-state index contributed by atoms with van der Waals surface area (Å²) in [7, 11) is 0. The van der Waals surface area contributed by atoms with Crippen LogP contribution < -0.4 is 4.90 Å². The third-order valence-corrected chi connectivity index (χ3v) is 4.95. The summed E-state index contributed by atoms with van der Waals surface area (Å²) in [6.45, 7) is 7.46. The Morgan fingerprint density at radius 1 is 1.19 bits per heavy atom. The zero-order valence-electron chi connectivity index (χ0n) is 15.7. The van der Waals surface area contributed by atoms with Crippen LogP contribution in [0.2, 0.25) is 0 Å². The molecule has 0 N–H and O–H groups in total. The van der Waals surface area contributed by atoms with Crippen LogP contribution >= 0.6 is 15.9 Å². The SMILES string of the molecule is CC(C)(C)OC(=O)CC1Cc2cc(Br)ccc2N(Cc2ccccc2)C1. The number of benzene rings is 2. The first-order valence-corrected chi connectivity index (χ1v) is 9.88. The lowest BCUT2D eigenvalue weighted by atomic mass is 9.89. The molecule has 1 aliphatic rings. The van der Waals surface area contributed by atoms with Gasteiger partial charge in [0.2, 0.25) is 0 Å². The monoisotopic (exact) mass is 415 g/mol. The van der Waals surface area contributed by atoms with Crippen molar-refractivity contribution in [3.05, 3.63) is 64.1 Å². The highest BCUT2D eigenvalue weighted by Gasteiger charge is 2.28. The van der Waals surface area contributed by atoms with Gasteiger partial charge < -0.3 is 9.64 Å². The molecule has 0 bridgehead atoms. The minimum atomic E-state index is -0.434. The second-order valence-corrected chi connectivity index (χ2v) is 8.92. The first kappa shape index (κ1) is 19.0. The molecule has 138 valence electrons. The number of rotatable bonds is 4. The number of anilines is 1. The number of hydrogen-bond acceptors (Lipinski definition) is 3. The molecule has 4 heteroatoms. The summed E-state index contributed by atoms with van der Waals surface area (Å²) < 4.78 is 6.62. The highest BCUT2D eigenvalue weighted by molar-refractivity contribution is 9.10. The molecule has 0 aliphatic carbocycles. The summed E-state index contributed by atoms with van der Waals surface area (Å²) in [6, 6.07) is 16.9. The lowest BCUT2D eigenvalue weighted by Crippen LogP contribution is -2.37. The van der Waals surface area contributed by atoms with Crippen molar-refractivity contribution in [2.45, 2.75) is 45.8 Å².